The Morgan fingerprint density at radius 1 is 1.25 bits per heavy atom. The average molecular weight is 381 g/mol. The van der Waals surface area contributed by atoms with Crippen LogP contribution in [0.2, 0.25) is 0 Å². The Labute approximate surface area is 164 Å². The summed E-state index contributed by atoms with van der Waals surface area (Å²) in [7, 11) is 3.59. The van der Waals surface area contributed by atoms with Crippen LogP contribution in [0.5, 0.6) is 0 Å². The third kappa shape index (κ3) is 4.10. The van der Waals surface area contributed by atoms with Gasteiger partial charge in [0.2, 0.25) is 5.91 Å². The molecule has 3 heterocycles. The van der Waals surface area contributed by atoms with Gasteiger partial charge in [0.05, 0.1) is 17.9 Å². The zero-order valence-electron chi connectivity index (χ0n) is 16.5. The van der Waals surface area contributed by atoms with E-state index >= 15 is 0 Å². The van der Waals surface area contributed by atoms with E-state index in [1.165, 1.54) is 29.3 Å². The maximum absolute atomic E-state index is 11.6. The van der Waals surface area contributed by atoms with Crippen LogP contribution in [-0.2, 0) is 42.8 Å². The summed E-state index contributed by atoms with van der Waals surface area (Å²) in [6, 6.07) is 11.0. The molecule has 4 rings (SSSR count). The minimum atomic E-state index is -0.122. The number of rotatable bonds is 6. The van der Waals surface area contributed by atoms with Gasteiger partial charge in [-0.25, -0.2) is 0 Å². The number of ether oxygens (including phenoxy) is 1. The van der Waals surface area contributed by atoms with Gasteiger partial charge in [-0.2, -0.15) is 5.10 Å². The number of aryl methyl sites for hydroxylation is 2. The molecule has 0 spiro atoms. The second-order valence-corrected chi connectivity index (χ2v) is 7.44. The highest BCUT2D eigenvalue weighted by atomic mass is 16.5. The molecule has 0 atom stereocenters. The van der Waals surface area contributed by atoms with Gasteiger partial charge in [0, 0.05) is 52.1 Å². The van der Waals surface area contributed by atoms with Crippen molar-refractivity contribution in [2.75, 3.05) is 20.3 Å². The molecule has 0 radical (unpaired) electrons. The zero-order valence-corrected chi connectivity index (χ0v) is 16.5. The molecule has 1 aliphatic heterocycles. The number of hydrogen-bond acceptors (Lipinski definition) is 4. The molecular weight excluding hydrogens is 354 g/mol. The number of carbonyl (C=O) groups is 1. The summed E-state index contributed by atoms with van der Waals surface area (Å²) in [6.45, 7) is 4.27. The maximum atomic E-state index is 11.6. The zero-order chi connectivity index (χ0) is 19.5. The molecule has 2 aromatic heterocycles. The van der Waals surface area contributed by atoms with Gasteiger partial charge in [-0.05, 0) is 41.6 Å². The molecular formula is C21H27N5O2. The molecule has 3 aromatic rings. The molecule has 1 amide bonds. The van der Waals surface area contributed by atoms with Gasteiger partial charge in [-0.3, -0.25) is 14.4 Å². The number of benzene rings is 1. The molecule has 1 N–H and O–H groups in total. The van der Waals surface area contributed by atoms with E-state index < -0.39 is 0 Å². The molecule has 7 nitrogen and oxygen atoms in total. The van der Waals surface area contributed by atoms with Gasteiger partial charge in [0.1, 0.15) is 6.61 Å². The second kappa shape index (κ2) is 8.16. The van der Waals surface area contributed by atoms with Crippen molar-refractivity contribution in [3.63, 3.8) is 0 Å². The number of amides is 1. The minimum absolute atomic E-state index is 0.0765. The molecule has 0 saturated heterocycles. The highest BCUT2D eigenvalue weighted by Gasteiger charge is 2.17. The minimum Gasteiger partial charge on any atom is -0.375 e. The first-order valence-corrected chi connectivity index (χ1v) is 9.70. The standard InChI is InChI=1S/C21H27N5O2/c1-24-9-6-17-10-16(4-5-20(17)24)13-25-7-3-8-26-19(14-25)11-18(23-26)12-22-21(27)15-28-2/h4-6,9-11H,3,7-8,12-15H2,1-2H3,(H,22,27). The van der Waals surface area contributed by atoms with Gasteiger partial charge >= 0.3 is 0 Å². The van der Waals surface area contributed by atoms with E-state index in [4.69, 9.17) is 4.74 Å². The van der Waals surface area contributed by atoms with Gasteiger partial charge in [0.25, 0.3) is 0 Å². The van der Waals surface area contributed by atoms with Crippen molar-refractivity contribution < 1.29 is 9.53 Å². The number of methoxy groups -OCH3 is 1. The van der Waals surface area contributed by atoms with Gasteiger partial charge in [-0.1, -0.05) is 6.07 Å². The Hall–Kier alpha value is -2.64. The number of fused-ring (bicyclic) bond motifs is 2. The Morgan fingerprint density at radius 2 is 2.14 bits per heavy atom. The summed E-state index contributed by atoms with van der Waals surface area (Å²) in [5, 5.41) is 8.79. The fourth-order valence-electron chi connectivity index (χ4n) is 3.87. The van der Waals surface area contributed by atoms with E-state index in [1.54, 1.807) is 0 Å². The molecule has 0 aliphatic carbocycles. The summed E-state index contributed by atoms with van der Waals surface area (Å²) in [5.74, 6) is -0.122. The van der Waals surface area contributed by atoms with E-state index in [0.29, 0.717) is 6.54 Å². The Balaban J connectivity index is 1.42. The van der Waals surface area contributed by atoms with Crippen LogP contribution < -0.4 is 5.32 Å². The van der Waals surface area contributed by atoms with Crippen LogP contribution in [-0.4, -0.2) is 45.4 Å². The quantitative estimate of drug-likeness (QED) is 0.710. The fourth-order valence-corrected chi connectivity index (χ4v) is 3.87. The summed E-state index contributed by atoms with van der Waals surface area (Å²) >= 11 is 0. The van der Waals surface area contributed by atoms with Crippen LogP contribution in [0, 0.1) is 0 Å². The number of carbonyl (C=O) groups excluding carboxylic acids is 1. The van der Waals surface area contributed by atoms with Gasteiger partial charge in [-0.15, -0.1) is 0 Å². The van der Waals surface area contributed by atoms with E-state index in [1.807, 2.05) is 0 Å². The topological polar surface area (TPSA) is 64.3 Å². The average Bonchev–Trinajstić information content (AvgIpc) is 3.18. The van der Waals surface area contributed by atoms with Crippen molar-refractivity contribution in [3.05, 3.63) is 53.5 Å². The first kappa shape index (κ1) is 18.7. The van der Waals surface area contributed by atoms with Crippen molar-refractivity contribution in [3.8, 4) is 0 Å². The molecule has 148 valence electrons. The van der Waals surface area contributed by atoms with Gasteiger partial charge < -0.3 is 14.6 Å². The fraction of sp³-hybridized carbons (Fsp3) is 0.429. The highest BCUT2D eigenvalue weighted by Crippen LogP contribution is 2.20. The lowest BCUT2D eigenvalue weighted by molar-refractivity contribution is -0.124. The van der Waals surface area contributed by atoms with E-state index in [-0.39, 0.29) is 12.5 Å². The van der Waals surface area contributed by atoms with Crippen molar-refractivity contribution in [2.24, 2.45) is 7.05 Å². The van der Waals surface area contributed by atoms with Crippen LogP contribution in [0.4, 0.5) is 0 Å². The van der Waals surface area contributed by atoms with Crippen molar-refractivity contribution in [1.82, 2.24) is 24.6 Å². The summed E-state index contributed by atoms with van der Waals surface area (Å²) < 4.78 is 9.07. The summed E-state index contributed by atoms with van der Waals surface area (Å²) in [4.78, 5) is 14.1. The Kier molecular flexibility index (Phi) is 5.45. The van der Waals surface area contributed by atoms with E-state index in [9.17, 15) is 4.79 Å². The molecule has 0 unspecified atom stereocenters. The van der Waals surface area contributed by atoms with Crippen molar-refractivity contribution >= 4 is 16.8 Å². The maximum Gasteiger partial charge on any atom is 0.246 e. The third-order valence-corrected chi connectivity index (χ3v) is 5.24. The van der Waals surface area contributed by atoms with E-state index in [2.05, 4.69) is 68.1 Å². The number of hydrogen-bond donors (Lipinski definition) is 1. The number of nitrogens with one attached hydrogen (secondary N) is 1. The van der Waals surface area contributed by atoms with Crippen LogP contribution in [0.3, 0.4) is 0 Å². The largest absolute Gasteiger partial charge is 0.375 e. The summed E-state index contributed by atoms with van der Waals surface area (Å²) in [6.07, 6.45) is 3.17. The molecule has 7 heteroatoms. The molecule has 1 aromatic carbocycles. The second-order valence-electron chi connectivity index (χ2n) is 7.44. The first-order valence-electron chi connectivity index (χ1n) is 9.70. The Morgan fingerprint density at radius 3 is 3.00 bits per heavy atom. The lowest BCUT2D eigenvalue weighted by atomic mass is 10.1. The lowest BCUT2D eigenvalue weighted by Crippen LogP contribution is -2.26. The first-order chi connectivity index (χ1) is 13.6. The van der Waals surface area contributed by atoms with Crippen molar-refractivity contribution in [1.29, 1.82) is 0 Å². The molecule has 0 fully saturated rings. The highest BCUT2D eigenvalue weighted by molar-refractivity contribution is 5.80. The summed E-state index contributed by atoms with van der Waals surface area (Å²) in [5.41, 5.74) is 4.69. The number of aromatic nitrogens is 3. The monoisotopic (exact) mass is 381 g/mol. The molecule has 1 aliphatic rings. The lowest BCUT2D eigenvalue weighted by Gasteiger charge is -2.19. The smallest absolute Gasteiger partial charge is 0.246 e. The molecule has 0 bridgehead atoms. The predicted octanol–water partition coefficient (Wildman–Crippen LogP) is 2.04. The third-order valence-electron chi connectivity index (χ3n) is 5.24. The molecule has 0 saturated carbocycles. The number of nitrogens with zero attached hydrogens (tertiary/aromatic N) is 4. The van der Waals surface area contributed by atoms with Crippen LogP contribution in [0.25, 0.3) is 10.9 Å². The molecule has 28 heavy (non-hydrogen) atoms. The van der Waals surface area contributed by atoms with Crippen LogP contribution in [0.15, 0.2) is 36.5 Å². The van der Waals surface area contributed by atoms with Crippen molar-refractivity contribution in [2.45, 2.75) is 32.6 Å². The SMILES string of the molecule is COCC(=O)NCc1cc2n(n1)CCCN(Cc1ccc3c(ccn3C)c1)C2. The van der Waals surface area contributed by atoms with Crippen LogP contribution in [0.1, 0.15) is 23.4 Å². The van der Waals surface area contributed by atoms with Gasteiger partial charge in [0.15, 0.2) is 0 Å². The predicted molar refractivity (Wildman–Crippen MR) is 108 cm³/mol. The Bertz CT molecular complexity index is 974. The normalized spacial score (nSPS) is 14.8. The van der Waals surface area contributed by atoms with Crippen LogP contribution >= 0.6 is 0 Å². The van der Waals surface area contributed by atoms with E-state index in [0.717, 1.165) is 38.3 Å².